The molecule has 0 spiro atoms. The summed E-state index contributed by atoms with van der Waals surface area (Å²) in [5.41, 5.74) is 0.619. The molecule has 0 saturated heterocycles. The van der Waals surface area contributed by atoms with Gasteiger partial charge in [0.2, 0.25) is 5.43 Å². The Morgan fingerprint density at radius 2 is 1.77 bits per heavy atom. The molecular weight excluding hydrogens is 333 g/mol. The third kappa shape index (κ3) is 2.98. The van der Waals surface area contributed by atoms with Crippen LogP contribution < -0.4 is 10.7 Å². The average Bonchev–Trinajstić information content (AvgIpc) is 3.16. The average molecular weight is 351 g/mol. The first-order valence-electron chi connectivity index (χ1n) is 8.72. The number of para-hydroxylation sites is 1. The molecule has 0 unspecified atom stereocenters. The molecule has 4 rings (SSSR count). The van der Waals surface area contributed by atoms with Crippen molar-refractivity contribution < 1.29 is 9.18 Å². The highest BCUT2D eigenvalue weighted by Gasteiger charge is 2.22. The molecule has 0 radical (unpaired) electrons. The molecule has 0 aliphatic heterocycles. The van der Waals surface area contributed by atoms with Gasteiger partial charge in [0.1, 0.15) is 5.82 Å². The van der Waals surface area contributed by atoms with Crippen LogP contribution in [0.15, 0.2) is 53.3 Å². The molecule has 1 heterocycles. The number of carbonyl (C=O) groups excluding carboxylic acids is 1. The summed E-state index contributed by atoms with van der Waals surface area (Å²) in [5, 5.41) is 7.63. The molecule has 6 heteroatoms. The van der Waals surface area contributed by atoms with Crippen LogP contribution in [0.25, 0.3) is 16.6 Å². The van der Waals surface area contributed by atoms with Crippen molar-refractivity contribution in [3.63, 3.8) is 0 Å². The topological polar surface area (TPSA) is 64.0 Å². The molecule has 1 aliphatic rings. The Bertz CT molecular complexity index is 1020. The number of aromatic nitrogens is 2. The Balaban J connectivity index is 1.85. The molecule has 1 aliphatic carbocycles. The summed E-state index contributed by atoms with van der Waals surface area (Å²) in [4.78, 5) is 25.4. The molecular formula is C20H18FN3O2. The van der Waals surface area contributed by atoms with E-state index in [0.29, 0.717) is 16.6 Å². The number of benzene rings is 2. The van der Waals surface area contributed by atoms with Gasteiger partial charge >= 0.3 is 0 Å². The number of nitrogens with one attached hydrogen (secondary N) is 1. The Labute approximate surface area is 149 Å². The summed E-state index contributed by atoms with van der Waals surface area (Å²) >= 11 is 0. The zero-order valence-corrected chi connectivity index (χ0v) is 14.1. The van der Waals surface area contributed by atoms with E-state index in [0.717, 1.165) is 25.7 Å². The number of halogens is 1. The lowest BCUT2D eigenvalue weighted by atomic mass is 10.1. The fourth-order valence-electron chi connectivity index (χ4n) is 3.43. The van der Waals surface area contributed by atoms with E-state index in [1.807, 2.05) is 0 Å². The lowest BCUT2D eigenvalue weighted by Gasteiger charge is -2.14. The van der Waals surface area contributed by atoms with Gasteiger partial charge in [-0.15, -0.1) is 0 Å². The maximum atomic E-state index is 13.3. The summed E-state index contributed by atoms with van der Waals surface area (Å²) in [7, 11) is 0. The standard InChI is InChI=1S/C20H18FN3O2/c21-13-9-11-15(12-10-13)24-17-8-4-3-7-16(17)19(25)18(23-24)20(26)22-14-5-1-2-6-14/h3-4,7-12,14H,1-2,5-6H2,(H,22,26). The highest BCUT2D eigenvalue weighted by molar-refractivity contribution is 5.95. The number of nitrogens with zero attached hydrogens (tertiary/aromatic N) is 2. The van der Waals surface area contributed by atoms with Crippen molar-refractivity contribution in [2.75, 3.05) is 0 Å². The molecule has 5 nitrogen and oxygen atoms in total. The Hall–Kier alpha value is -3.02. The van der Waals surface area contributed by atoms with Gasteiger partial charge in [-0.2, -0.15) is 5.10 Å². The maximum absolute atomic E-state index is 13.3. The molecule has 1 amide bonds. The van der Waals surface area contributed by atoms with Gasteiger partial charge in [-0.05, 0) is 49.2 Å². The molecule has 1 saturated carbocycles. The van der Waals surface area contributed by atoms with Gasteiger partial charge in [0.05, 0.1) is 16.6 Å². The minimum atomic E-state index is -0.455. The third-order valence-electron chi connectivity index (χ3n) is 4.77. The summed E-state index contributed by atoms with van der Waals surface area (Å²) in [6, 6.07) is 12.8. The largest absolute Gasteiger partial charge is 0.348 e. The minimum absolute atomic E-state index is 0.0921. The predicted octanol–water partition coefficient (Wildman–Crippen LogP) is 3.20. The first-order valence-corrected chi connectivity index (χ1v) is 8.72. The first kappa shape index (κ1) is 16.4. The van der Waals surface area contributed by atoms with Crippen molar-refractivity contribution in [2.24, 2.45) is 0 Å². The van der Waals surface area contributed by atoms with E-state index in [9.17, 15) is 14.0 Å². The Kier molecular flexibility index (Phi) is 4.24. The fourth-order valence-corrected chi connectivity index (χ4v) is 3.43. The van der Waals surface area contributed by atoms with Gasteiger partial charge in [0, 0.05) is 6.04 Å². The van der Waals surface area contributed by atoms with Gasteiger partial charge in [-0.3, -0.25) is 9.59 Å². The van der Waals surface area contributed by atoms with Crippen LogP contribution in [0.3, 0.4) is 0 Å². The monoisotopic (exact) mass is 351 g/mol. The van der Waals surface area contributed by atoms with Crippen LogP contribution in [0.2, 0.25) is 0 Å². The summed E-state index contributed by atoms with van der Waals surface area (Å²) < 4.78 is 14.8. The van der Waals surface area contributed by atoms with Crippen LogP contribution in [-0.2, 0) is 0 Å². The van der Waals surface area contributed by atoms with E-state index in [2.05, 4.69) is 10.4 Å². The van der Waals surface area contributed by atoms with E-state index in [1.54, 1.807) is 36.4 Å². The molecule has 1 N–H and O–H groups in total. The van der Waals surface area contributed by atoms with Crippen LogP contribution >= 0.6 is 0 Å². The Morgan fingerprint density at radius 1 is 1.08 bits per heavy atom. The van der Waals surface area contributed by atoms with Crippen molar-refractivity contribution in [2.45, 2.75) is 31.7 Å². The summed E-state index contributed by atoms with van der Waals surface area (Å²) in [6.07, 6.45) is 4.00. The normalized spacial score (nSPS) is 14.7. The zero-order valence-electron chi connectivity index (χ0n) is 14.1. The molecule has 2 aromatic carbocycles. The first-order chi connectivity index (χ1) is 12.6. The van der Waals surface area contributed by atoms with Crippen molar-refractivity contribution in [1.82, 2.24) is 15.1 Å². The van der Waals surface area contributed by atoms with Gasteiger partial charge in [-0.25, -0.2) is 9.07 Å². The predicted molar refractivity (Wildman–Crippen MR) is 97.0 cm³/mol. The van der Waals surface area contributed by atoms with Crippen molar-refractivity contribution in [3.8, 4) is 5.69 Å². The maximum Gasteiger partial charge on any atom is 0.276 e. The highest BCUT2D eigenvalue weighted by atomic mass is 19.1. The second-order valence-corrected chi connectivity index (χ2v) is 6.54. The van der Waals surface area contributed by atoms with Crippen LogP contribution in [0.1, 0.15) is 36.2 Å². The van der Waals surface area contributed by atoms with Crippen molar-refractivity contribution >= 4 is 16.8 Å². The summed E-state index contributed by atoms with van der Waals surface area (Å²) in [6.45, 7) is 0. The molecule has 1 aromatic heterocycles. The van der Waals surface area contributed by atoms with Gasteiger partial charge < -0.3 is 5.32 Å². The molecule has 3 aromatic rings. The Morgan fingerprint density at radius 3 is 2.50 bits per heavy atom. The molecule has 0 atom stereocenters. The van der Waals surface area contributed by atoms with Crippen LogP contribution in [0.5, 0.6) is 0 Å². The fraction of sp³-hybridized carbons (Fsp3) is 0.250. The van der Waals surface area contributed by atoms with Gasteiger partial charge in [0.15, 0.2) is 5.69 Å². The van der Waals surface area contributed by atoms with E-state index in [1.165, 1.54) is 16.8 Å². The summed E-state index contributed by atoms with van der Waals surface area (Å²) in [5.74, 6) is -0.818. The van der Waals surface area contributed by atoms with E-state index < -0.39 is 11.3 Å². The second-order valence-electron chi connectivity index (χ2n) is 6.54. The second kappa shape index (κ2) is 6.71. The number of carbonyl (C=O) groups is 1. The van der Waals surface area contributed by atoms with E-state index in [-0.39, 0.29) is 17.6 Å². The third-order valence-corrected chi connectivity index (χ3v) is 4.77. The number of amides is 1. The number of rotatable bonds is 3. The zero-order chi connectivity index (χ0) is 18.1. The smallest absolute Gasteiger partial charge is 0.276 e. The lowest BCUT2D eigenvalue weighted by Crippen LogP contribution is -2.37. The number of fused-ring (bicyclic) bond motifs is 1. The van der Waals surface area contributed by atoms with Crippen molar-refractivity contribution in [3.05, 3.63) is 70.3 Å². The van der Waals surface area contributed by atoms with Crippen molar-refractivity contribution in [1.29, 1.82) is 0 Å². The van der Waals surface area contributed by atoms with E-state index in [4.69, 9.17) is 0 Å². The molecule has 0 bridgehead atoms. The van der Waals surface area contributed by atoms with Gasteiger partial charge in [-0.1, -0.05) is 25.0 Å². The quantitative estimate of drug-likeness (QED) is 0.788. The molecule has 1 fully saturated rings. The lowest BCUT2D eigenvalue weighted by molar-refractivity contribution is 0.0930. The number of hydrogen-bond acceptors (Lipinski definition) is 3. The molecule has 132 valence electrons. The number of hydrogen-bond donors (Lipinski definition) is 1. The minimum Gasteiger partial charge on any atom is -0.348 e. The van der Waals surface area contributed by atoms with Crippen LogP contribution in [0, 0.1) is 5.82 Å². The highest BCUT2D eigenvalue weighted by Crippen LogP contribution is 2.19. The SMILES string of the molecule is O=C(NC1CCCC1)c1nn(-c2ccc(F)cc2)c2ccccc2c1=O. The van der Waals surface area contributed by atoms with Crippen LogP contribution in [0.4, 0.5) is 4.39 Å². The van der Waals surface area contributed by atoms with Crippen LogP contribution in [-0.4, -0.2) is 21.7 Å². The van der Waals surface area contributed by atoms with Gasteiger partial charge in [0.25, 0.3) is 5.91 Å². The van der Waals surface area contributed by atoms with E-state index >= 15 is 0 Å². The molecule has 26 heavy (non-hydrogen) atoms.